The number of halogens is 3. The van der Waals surface area contributed by atoms with Crippen LogP contribution in [0, 0.1) is 0 Å². The third-order valence-corrected chi connectivity index (χ3v) is 2.00. The van der Waals surface area contributed by atoms with E-state index in [9.17, 15) is 13.2 Å². The minimum atomic E-state index is -4.63. The standard InChI is InChI=1S/C12H13F3O/c1-9(2)3-4-10-5-7-11(8-6-10)16-12(13,14)15/h5-8H,1,3-4H2,2H3. The number of benzene rings is 1. The first-order valence-corrected chi connectivity index (χ1v) is 4.86. The summed E-state index contributed by atoms with van der Waals surface area (Å²) in [4.78, 5) is 0. The van der Waals surface area contributed by atoms with Gasteiger partial charge in [-0.15, -0.1) is 19.8 Å². The lowest BCUT2D eigenvalue weighted by Crippen LogP contribution is -2.17. The Bertz CT molecular complexity index is 352. The number of allylic oxidation sites excluding steroid dienone is 1. The van der Waals surface area contributed by atoms with Crippen molar-refractivity contribution in [1.29, 1.82) is 0 Å². The highest BCUT2D eigenvalue weighted by Gasteiger charge is 2.30. The number of rotatable bonds is 4. The minimum absolute atomic E-state index is 0.188. The first-order valence-electron chi connectivity index (χ1n) is 4.86. The molecule has 0 radical (unpaired) electrons. The van der Waals surface area contributed by atoms with Crippen LogP contribution in [-0.2, 0) is 6.42 Å². The van der Waals surface area contributed by atoms with Crippen LogP contribution in [0.4, 0.5) is 13.2 Å². The van der Waals surface area contributed by atoms with Crippen LogP contribution in [0.5, 0.6) is 5.75 Å². The Morgan fingerprint density at radius 3 is 2.25 bits per heavy atom. The molecule has 1 aromatic carbocycles. The maximum atomic E-state index is 11.9. The Hall–Kier alpha value is -1.45. The van der Waals surface area contributed by atoms with Gasteiger partial charge in [-0.3, -0.25) is 0 Å². The van der Waals surface area contributed by atoms with Gasteiger partial charge in [-0.05, 0) is 37.5 Å². The second kappa shape index (κ2) is 5.05. The molecule has 0 unspecified atom stereocenters. The molecule has 16 heavy (non-hydrogen) atoms. The number of ether oxygens (including phenoxy) is 1. The van der Waals surface area contributed by atoms with Gasteiger partial charge in [0.05, 0.1) is 0 Å². The number of hydrogen-bond donors (Lipinski definition) is 0. The van der Waals surface area contributed by atoms with Gasteiger partial charge in [0, 0.05) is 0 Å². The Kier molecular flexibility index (Phi) is 3.99. The third kappa shape index (κ3) is 4.87. The summed E-state index contributed by atoms with van der Waals surface area (Å²) in [5.74, 6) is -0.188. The second-order valence-electron chi connectivity index (χ2n) is 3.65. The first-order chi connectivity index (χ1) is 7.37. The summed E-state index contributed by atoms with van der Waals surface area (Å²) in [5.41, 5.74) is 2.02. The monoisotopic (exact) mass is 230 g/mol. The molecule has 0 saturated heterocycles. The van der Waals surface area contributed by atoms with Gasteiger partial charge in [-0.1, -0.05) is 17.7 Å². The van der Waals surface area contributed by atoms with Crippen molar-refractivity contribution in [3.05, 3.63) is 42.0 Å². The Morgan fingerprint density at radius 2 is 1.81 bits per heavy atom. The molecular weight excluding hydrogens is 217 g/mol. The van der Waals surface area contributed by atoms with E-state index < -0.39 is 6.36 Å². The van der Waals surface area contributed by atoms with Crippen LogP contribution in [0.3, 0.4) is 0 Å². The molecule has 0 atom stereocenters. The van der Waals surface area contributed by atoms with Gasteiger partial charge in [0.2, 0.25) is 0 Å². The van der Waals surface area contributed by atoms with Crippen LogP contribution in [0.2, 0.25) is 0 Å². The molecule has 0 aromatic heterocycles. The van der Waals surface area contributed by atoms with Gasteiger partial charge >= 0.3 is 6.36 Å². The van der Waals surface area contributed by atoms with Crippen molar-refractivity contribution in [1.82, 2.24) is 0 Å². The number of aryl methyl sites for hydroxylation is 1. The predicted octanol–water partition coefficient (Wildman–Crippen LogP) is 4.09. The maximum Gasteiger partial charge on any atom is 0.573 e. The molecule has 0 amide bonds. The summed E-state index contributed by atoms with van der Waals surface area (Å²) < 4.78 is 39.4. The average molecular weight is 230 g/mol. The highest BCUT2D eigenvalue weighted by atomic mass is 19.4. The minimum Gasteiger partial charge on any atom is -0.406 e. The smallest absolute Gasteiger partial charge is 0.406 e. The lowest BCUT2D eigenvalue weighted by Gasteiger charge is -2.09. The van der Waals surface area contributed by atoms with Crippen LogP contribution in [0.15, 0.2) is 36.4 Å². The number of alkyl halides is 3. The molecule has 0 aliphatic rings. The topological polar surface area (TPSA) is 9.23 Å². The summed E-state index contributed by atoms with van der Waals surface area (Å²) in [6.45, 7) is 5.68. The van der Waals surface area contributed by atoms with Crippen molar-refractivity contribution in [3.63, 3.8) is 0 Å². The van der Waals surface area contributed by atoms with Crippen LogP contribution in [0.25, 0.3) is 0 Å². The van der Waals surface area contributed by atoms with E-state index in [0.717, 1.165) is 24.0 Å². The van der Waals surface area contributed by atoms with E-state index in [2.05, 4.69) is 11.3 Å². The normalized spacial score (nSPS) is 11.2. The molecule has 0 bridgehead atoms. The molecule has 0 fully saturated rings. The molecule has 1 rings (SSSR count). The van der Waals surface area contributed by atoms with Crippen molar-refractivity contribution in [2.75, 3.05) is 0 Å². The van der Waals surface area contributed by atoms with Crippen LogP contribution >= 0.6 is 0 Å². The largest absolute Gasteiger partial charge is 0.573 e. The van der Waals surface area contributed by atoms with E-state index in [1.165, 1.54) is 12.1 Å². The van der Waals surface area contributed by atoms with Crippen molar-refractivity contribution < 1.29 is 17.9 Å². The van der Waals surface area contributed by atoms with E-state index in [1.54, 1.807) is 12.1 Å². The molecule has 88 valence electrons. The molecule has 4 heteroatoms. The Balaban J connectivity index is 2.57. The first kappa shape index (κ1) is 12.6. The van der Waals surface area contributed by atoms with E-state index in [-0.39, 0.29) is 5.75 Å². The fourth-order valence-corrected chi connectivity index (χ4v) is 1.22. The van der Waals surface area contributed by atoms with Crippen molar-refractivity contribution >= 4 is 0 Å². The second-order valence-corrected chi connectivity index (χ2v) is 3.65. The molecule has 0 N–H and O–H groups in total. The maximum absolute atomic E-state index is 11.9. The molecule has 0 heterocycles. The fourth-order valence-electron chi connectivity index (χ4n) is 1.22. The lowest BCUT2D eigenvalue weighted by atomic mass is 10.1. The summed E-state index contributed by atoms with van der Waals surface area (Å²) in [6.07, 6.45) is -3.01. The van der Waals surface area contributed by atoms with Gasteiger partial charge in [-0.25, -0.2) is 0 Å². The van der Waals surface area contributed by atoms with Crippen LogP contribution < -0.4 is 4.74 Å². The van der Waals surface area contributed by atoms with Gasteiger partial charge in [-0.2, -0.15) is 0 Å². The Labute approximate surface area is 92.5 Å². The molecule has 0 spiro atoms. The fraction of sp³-hybridized carbons (Fsp3) is 0.333. The summed E-state index contributed by atoms with van der Waals surface area (Å²) in [7, 11) is 0. The molecule has 0 saturated carbocycles. The van der Waals surface area contributed by atoms with Crippen LogP contribution in [0.1, 0.15) is 18.9 Å². The SMILES string of the molecule is C=C(C)CCc1ccc(OC(F)(F)F)cc1. The van der Waals surface area contributed by atoms with Gasteiger partial charge in [0.1, 0.15) is 5.75 Å². The van der Waals surface area contributed by atoms with Crippen molar-refractivity contribution in [2.24, 2.45) is 0 Å². The molecule has 0 aliphatic heterocycles. The number of hydrogen-bond acceptors (Lipinski definition) is 1. The summed E-state index contributed by atoms with van der Waals surface area (Å²) in [5, 5.41) is 0. The highest BCUT2D eigenvalue weighted by molar-refractivity contribution is 5.27. The zero-order chi connectivity index (χ0) is 12.2. The van der Waals surface area contributed by atoms with E-state index >= 15 is 0 Å². The summed E-state index contributed by atoms with van der Waals surface area (Å²) >= 11 is 0. The van der Waals surface area contributed by atoms with Crippen molar-refractivity contribution in [3.8, 4) is 5.75 Å². The third-order valence-electron chi connectivity index (χ3n) is 2.00. The van der Waals surface area contributed by atoms with E-state index in [1.807, 2.05) is 6.92 Å². The van der Waals surface area contributed by atoms with Crippen molar-refractivity contribution in [2.45, 2.75) is 26.1 Å². The molecular formula is C12H13F3O. The van der Waals surface area contributed by atoms with Gasteiger partial charge in [0.25, 0.3) is 0 Å². The van der Waals surface area contributed by atoms with Gasteiger partial charge < -0.3 is 4.74 Å². The summed E-state index contributed by atoms with van der Waals surface area (Å²) in [6, 6.07) is 5.90. The lowest BCUT2D eigenvalue weighted by molar-refractivity contribution is -0.274. The predicted molar refractivity (Wildman–Crippen MR) is 56.3 cm³/mol. The van der Waals surface area contributed by atoms with Gasteiger partial charge in [0.15, 0.2) is 0 Å². The zero-order valence-electron chi connectivity index (χ0n) is 8.97. The molecule has 1 nitrogen and oxygen atoms in total. The average Bonchev–Trinajstić information content (AvgIpc) is 2.14. The van der Waals surface area contributed by atoms with E-state index in [0.29, 0.717) is 0 Å². The quantitative estimate of drug-likeness (QED) is 0.708. The molecule has 1 aromatic rings. The van der Waals surface area contributed by atoms with E-state index in [4.69, 9.17) is 0 Å². The Morgan fingerprint density at radius 1 is 1.25 bits per heavy atom. The zero-order valence-corrected chi connectivity index (χ0v) is 8.97. The molecule has 0 aliphatic carbocycles. The highest BCUT2D eigenvalue weighted by Crippen LogP contribution is 2.23. The van der Waals surface area contributed by atoms with Crippen LogP contribution in [-0.4, -0.2) is 6.36 Å².